The largest absolute Gasteiger partial charge is 0.474 e. The van der Waals surface area contributed by atoms with Crippen LogP contribution in [0.3, 0.4) is 0 Å². The van der Waals surface area contributed by atoms with Gasteiger partial charge in [-0.2, -0.15) is 0 Å². The van der Waals surface area contributed by atoms with E-state index in [9.17, 15) is 4.79 Å². The Morgan fingerprint density at radius 1 is 1.15 bits per heavy atom. The summed E-state index contributed by atoms with van der Waals surface area (Å²) in [4.78, 5) is 16.6. The number of carbonyl (C=O) groups is 1. The van der Waals surface area contributed by atoms with Crippen molar-refractivity contribution in [3.8, 4) is 11.6 Å². The second-order valence-corrected chi connectivity index (χ2v) is 6.07. The molecule has 0 bridgehead atoms. The fourth-order valence-electron chi connectivity index (χ4n) is 2.73. The Morgan fingerprint density at radius 3 is 2.63 bits per heavy atom. The third-order valence-corrected chi connectivity index (χ3v) is 4.19. The number of anilines is 1. The minimum atomic E-state index is -0.240. The van der Waals surface area contributed by atoms with Gasteiger partial charge in [-0.15, -0.1) is 5.10 Å². The number of hydrogen-bond acceptors (Lipinski definition) is 7. The highest BCUT2D eigenvalue weighted by Crippen LogP contribution is 2.17. The summed E-state index contributed by atoms with van der Waals surface area (Å²) in [6, 6.07) is 10.6. The van der Waals surface area contributed by atoms with Crippen molar-refractivity contribution in [1.82, 2.24) is 25.2 Å². The normalized spacial score (nSPS) is 14.7. The van der Waals surface area contributed by atoms with E-state index in [2.05, 4.69) is 25.8 Å². The van der Waals surface area contributed by atoms with Gasteiger partial charge < -0.3 is 14.8 Å². The Morgan fingerprint density at radius 2 is 1.96 bits per heavy atom. The van der Waals surface area contributed by atoms with Crippen LogP contribution in [0.1, 0.15) is 23.2 Å². The topological polar surface area (TPSA) is 104 Å². The quantitative estimate of drug-likeness (QED) is 0.735. The third-order valence-electron chi connectivity index (χ3n) is 4.19. The summed E-state index contributed by atoms with van der Waals surface area (Å²) in [6.07, 6.45) is 4.84. The number of carbonyl (C=O) groups excluding carboxylic acids is 1. The standard InChI is InChI=1S/C18H18N6O3/c25-18(21-14-2-4-15(5-3-14)24-12-20-22-23-24)13-1-6-17(19-11-13)27-16-7-9-26-10-8-16/h1-6,11-12,16H,7-10H2,(H,21,25). The summed E-state index contributed by atoms with van der Waals surface area (Å²) in [5.41, 5.74) is 1.92. The number of rotatable bonds is 5. The van der Waals surface area contributed by atoms with Crippen molar-refractivity contribution < 1.29 is 14.3 Å². The first-order chi connectivity index (χ1) is 13.3. The van der Waals surface area contributed by atoms with Gasteiger partial charge in [-0.05, 0) is 40.8 Å². The van der Waals surface area contributed by atoms with Crippen LogP contribution in [0.15, 0.2) is 48.9 Å². The van der Waals surface area contributed by atoms with E-state index >= 15 is 0 Å². The minimum absolute atomic E-state index is 0.115. The summed E-state index contributed by atoms with van der Waals surface area (Å²) in [7, 11) is 0. The maximum Gasteiger partial charge on any atom is 0.257 e. The molecule has 0 unspecified atom stereocenters. The van der Waals surface area contributed by atoms with Crippen LogP contribution in [0.2, 0.25) is 0 Å². The zero-order chi connectivity index (χ0) is 18.5. The molecular formula is C18H18N6O3. The Balaban J connectivity index is 1.36. The first-order valence-corrected chi connectivity index (χ1v) is 8.63. The van der Waals surface area contributed by atoms with Gasteiger partial charge in [0.15, 0.2) is 0 Å². The predicted octanol–water partition coefficient (Wildman–Crippen LogP) is 1.87. The molecule has 138 valence electrons. The maximum atomic E-state index is 12.4. The zero-order valence-corrected chi connectivity index (χ0v) is 14.5. The second kappa shape index (κ2) is 7.92. The van der Waals surface area contributed by atoms with Crippen molar-refractivity contribution in [3.63, 3.8) is 0 Å². The van der Waals surface area contributed by atoms with Gasteiger partial charge in [0, 0.05) is 30.8 Å². The van der Waals surface area contributed by atoms with E-state index in [1.54, 1.807) is 24.3 Å². The van der Waals surface area contributed by atoms with E-state index in [1.807, 2.05) is 12.1 Å². The number of pyridine rings is 1. The van der Waals surface area contributed by atoms with Crippen LogP contribution in [-0.2, 0) is 4.74 Å². The molecule has 0 radical (unpaired) electrons. The first-order valence-electron chi connectivity index (χ1n) is 8.63. The first kappa shape index (κ1) is 17.1. The molecule has 0 spiro atoms. The van der Waals surface area contributed by atoms with Crippen molar-refractivity contribution in [2.45, 2.75) is 18.9 Å². The lowest BCUT2D eigenvalue weighted by Gasteiger charge is -2.22. The van der Waals surface area contributed by atoms with Gasteiger partial charge >= 0.3 is 0 Å². The molecule has 4 rings (SSSR count). The number of aromatic nitrogens is 5. The molecule has 0 atom stereocenters. The molecule has 1 fully saturated rings. The van der Waals surface area contributed by atoms with Crippen LogP contribution >= 0.6 is 0 Å². The molecule has 3 heterocycles. The summed E-state index contributed by atoms with van der Waals surface area (Å²) in [5.74, 6) is 0.277. The molecule has 0 saturated carbocycles. The summed E-state index contributed by atoms with van der Waals surface area (Å²) in [5, 5.41) is 13.8. The average Bonchev–Trinajstić information content (AvgIpc) is 3.25. The molecule has 1 N–H and O–H groups in total. The molecule has 1 saturated heterocycles. The van der Waals surface area contributed by atoms with E-state index in [1.165, 1.54) is 17.2 Å². The van der Waals surface area contributed by atoms with Crippen LogP contribution in [0.4, 0.5) is 5.69 Å². The highest BCUT2D eigenvalue weighted by Gasteiger charge is 2.16. The average molecular weight is 366 g/mol. The Labute approximate surface area is 155 Å². The predicted molar refractivity (Wildman–Crippen MR) is 95.8 cm³/mol. The van der Waals surface area contributed by atoms with Crippen molar-refractivity contribution in [2.75, 3.05) is 18.5 Å². The van der Waals surface area contributed by atoms with E-state index in [0.717, 1.165) is 18.5 Å². The molecule has 27 heavy (non-hydrogen) atoms. The molecule has 1 amide bonds. The number of ether oxygens (including phenoxy) is 2. The second-order valence-electron chi connectivity index (χ2n) is 6.07. The number of nitrogens with zero attached hydrogens (tertiary/aromatic N) is 5. The molecule has 1 aromatic carbocycles. The van der Waals surface area contributed by atoms with E-state index in [-0.39, 0.29) is 12.0 Å². The minimum Gasteiger partial charge on any atom is -0.474 e. The van der Waals surface area contributed by atoms with Crippen molar-refractivity contribution in [3.05, 3.63) is 54.5 Å². The Hall–Kier alpha value is -3.33. The molecule has 0 aliphatic carbocycles. The fourth-order valence-corrected chi connectivity index (χ4v) is 2.73. The number of nitrogens with one attached hydrogen (secondary N) is 1. The summed E-state index contributed by atoms with van der Waals surface area (Å²) >= 11 is 0. The van der Waals surface area contributed by atoms with Crippen molar-refractivity contribution in [1.29, 1.82) is 0 Å². The molecule has 3 aromatic rings. The van der Waals surface area contributed by atoms with Crippen molar-refractivity contribution >= 4 is 11.6 Å². The van der Waals surface area contributed by atoms with Gasteiger partial charge in [-0.25, -0.2) is 9.67 Å². The van der Waals surface area contributed by atoms with Gasteiger partial charge in [-0.3, -0.25) is 4.79 Å². The van der Waals surface area contributed by atoms with Gasteiger partial charge in [0.1, 0.15) is 12.4 Å². The highest BCUT2D eigenvalue weighted by molar-refractivity contribution is 6.04. The van der Waals surface area contributed by atoms with Gasteiger partial charge in [0.25, 0.3) is 5.91 Å². The SMILES string of the molecule is O=C(Nc1ccc(-n2cnnn2)cc1)c1ccc(OC2CCOCC2)nc1. The monoisotopic (exact) mass is 366 g/mol. The van der Waals surface area contributed by atoms with Gasteiger partial charge in [-0.1, -0.05) is 0 Å². The highest BCUT2D eigenvalue weighted by atomic mass is 16.5. The smallest absolute Gasteiger partial charge is 0.257 e. The van der Waals surface area contributed by atoms with E-state index in [4.69, 9.17) is 9.47 Å². The van der Waals surface area contributed by atoms with Crippen LogP contribution in [0.5, 0.6) is 5.88 Å². The van der Waals surface area contributed by atoms with Crippen LogP contribution < -0.4 is 10.1 Å². The number of tetrazole rings is 1. The number of amides is 1. The summed E-state index contributed by atoms with van der Waals surface area (Å²) in [6.45, 7) is 1.41. The molecule has 1 aliphatic rings. The lowest BCUT2D eigenvalue weighted by atomic mass is 10.1. The molecule has 2 aromatic heterocycles. The third kappa shape index (κ3) is 4.26. The van der Waals surface area contributed by atoms with Crippen molar-refractivity contribution in [2.24, 2.45) is 0 Å². The fraction of sp³-hybridized carbons (Fsp3) is 0.278. The lowest BCUT2D eigenvalue weighted by molar-refractivity contribution is 0.0237. The van der Waals surface area contributed by atoms with Crippen LogP contribution in [0, 0.1) is 0 Å². The van der Waals surface area contributed by atoms with Gasteiger partial charge in [0.2, 0.25) is 5.88 Å². The van der Waals surface area contributed by atoms with Crippen LogP contribution in [-0.4, -0.2) is 50.4 Å². The molecule has 1 aliphatic heterocycles. The van der Waals surface area contributed by atoms with Crippen LogP contribution in [0.25, 0.3) is 5.69 Å². The number of benzene rings is 1. The van der Waals surface area contributed by atoms with E-state index in [0.29, 0.717) is 30.3 Å². The number of hydrogen-bond donors (Lipinski definition) is 1. The summed E-state index contributed by atoms with van der Waals surface area (Å²) < 4.78 is 12.7. The lowest BCUT2D eigenvalue weighted by Crippen LogP contribution is -2.26. The van der Waals surface area contributed by atoms with Gasteiger partial charge in [0.05, 0.1) is 24.5 Å². The van der Waals surface area contributed by atoms with E-state index < -0.39 is 0 Å². The Kier molecular flexibility index (Phi) is 5.01. The zero-order valence-electron chi connectivity index (χ0n) is 14.5. The maximum absolute atomic E-state index is 12.4. The Bertz CT molecular complexity index is 874. The molecule has 9 heteroatoms. The molecule has 9 nitrogen and oxygen atoms in total. The molecular weight excluding hydrogens is 348 g/mol.